The van der Waals surface area contributed by atoms with E-state index in [2.05, 4.69) is 5.32 Å². The molecule has 0 aliphatic heterocycles. The number of carboxylic acid groups (broad SMARTS) is 2. The highest BCUT2D eigenvalue weighted by atomic mass is 16.5. The fraction of sp³-hybridized carbons (Fsp3) is 0.304. The summed E-state index contributed by atoms with van der Waals surface area (Å²) in [7, 11) is 0. The minimum absolute atomic E-state index is 0.0979. The lowest BCUT2D eigenvalue weighted by Crippen LogP contribution is -2.35. The van der Waals surface area contributed by atoms with E-state index in [1.54, 1.807) is 36.4 Å². The molecule has 34 heavy (non-hydrogen) atoms. The zero-order chi connectivity index (χ0) is 25.8. The van der Waals surface area contributed by atoms with E-state index >= 15 is 0 Å². The first kappa shape index (κ1) is 27.8. The molecule has 11 heteroatoms. The fourth-order valence-corrected chi connectivity index (χ4v) is 2.87. The maximum absolute atomic E-state index is 12.0. The summed E-state index contributed by atoms with van der Waals surface area (Å²) in [5.41, 5.74) is 12.6. The summed E-state index contributed by atoms with van der Waals surface area (Å²) < 4.78 is 11.1. The number of anilines is 1. The average molecular weight is 472 g/mol. The zero-order valence-electron chi connectivity index (χ0n) is 19.2. The first-order valence-electron chi connectivity index (χ1n) is 10.3. The van der Waals surface area contributed by atoms with Crippen molar-refractivity contribution in [2.45, 2.75) is 33.2 Å². The summed E-state index contributed by atoms with van der Waals surface area (Å²) in [5, 5.41) is 31.2. The zero-order valence-corrected chi connectivity index (χ0v) is 19.2. The van der Waals surface area contributed by atoms with Crippen LogP contribution in [0.5, 0.6) is 11.5 Å². The quantitative estimate of drug-likeness (QED) is 0.244. The van der Waals surface area contributed by atoms with Crippen molar-refractivity contribution in [3.63, 3.8) is 0 Å². The number of nitrogen functional groups attached to an aromatic ring is 1. The Morgan fingerprint density at radius 1 is 1.03 bits per heavy atom. The normalized spacial score (nSPS) is 10.8. The van der Waals surface area contributed by atoms with Gasteiger partial charge in [0, 0.05) is 28.8 Å². The molecule has 0 saturated carbocycles. The van der Waals surface area contributed by atoms with Crippen LogP contribution < -0.4 is 36.5 Å². The number of amidine groups is 1. The van der Waals surface area contributed by atoms with Crippen molar-refractivity contribution in [2.75, 3.05) is 18.5 Å². The van der Waals surface area contributed by atoms with E-state index < -0.39 is 30.5 Å². The molecule has 0 spiro atoms. The first-order chi connectivity index (χ1) is 16.0. The highest BCUT2D eigenvalue weighted by Crippen LogP contribution is 2.35. The van der Waals surface area contributed by atoms with Gasteiger partial charge >= 0.3 is 0 Å². The SMILES string of the molecule is CC(=O)[O-].CCOc1cc(OCC(N)=O)c(C(Nc2ccc(C(=N)N)cc2)C(=O)[O-])cc1CC. The van der Waals surface area contributed by atoms with Gasteiger partial charge in [0.25, 0.3) is 5.91 Å². The summed E-state index contributed by atoms with van der Waals surface area (Å²) in [5.74, 6) is -2.58. The van der Waals surface area contributed by atoms with E-state index in [0.29, 0.717) is 30.0 Å². The summed E-state index contributed by atoms with van der Waals surface area (Å²) in [4.78, 5) is 32.1. The van der Waals surface area contributed by atoms with E-state index in [4.69, 9.17) is 36.3 Å². The second kappa shape index (κ2) is 13.3. The number of nitrogens with two attached hydrogens (primary N) is 2. The van der Waals surface area contributed by atoms with Gasteiger partial charge in [-0.25, -0.2) is 0 Å². The predicted octanol–water partition coefficient (Wildman–Crippen LogP) is -0.545. The van der Waals surface area contributed by atoms with Crippen LogP contribution >= 0.6 is 0 Å². The molecule has 0 fully saturated rings. The van der Waals surface area contributed by atoms with Gasteiger partial charge in [0.05, 0.1) is 18.6 Å². The van der Waals surface area contributed by atoms with Crippen molar-refractivity contribution in [3.05, 3.63) is 53.1 Å². The van der Waals surface area contributed by atoms with Gasteiger partial charge in [-0.05, 0) is 56.2 Å². The van der Waals surface area contributed by atoms with Crippen molar-refractivity contribution >= 4 is 29.4 Å². The largest absolute Gasteiger partial charge is 0.550 e. The molecule has 0 aromatic heterocycles. The maximum Gasteiger partial charge on any atom is 0.255 e. The van der Waals surface area contributed by atoms with Crippen molar-refractivity contribution in [3.8, 4) is 11.5 Å². The minimum Gasteiger partial charge on any atom is -0.550 e. The molecule has 6 N–H and O–H groups in total. The maximum atomic E-state index is 12.0. The second-order valence-corrected chi connectivity index (χ2v) is 6.92. The number of nitrogens with one attached hydrogen (secondary N) is 2. The lowest BCUT2D eigenvalue weighted by atomic mass is 9.99. The average Bonchev–Trinajstić information content (AvgIpc) is 2.76. The Morgan fingerprint density at radius 3 is 2.06 bits per heavy atom. The Hall–Kier alpha value is -4.28. The molecule has 2 rings (SSSR count). The summed E-state index contributed by atoms with van der Waals surface area (Å²) in [6, 6.07) is 8.32. The van der Waals surface area contributed by atoms with E-state index in [0.717, 1.165) is 12.5 Å². The number of carbonyl (C=O) groups is 3. The fourth-order valence-electron chi connectivity index (χ4n) is 2.87. The number of hydrogen-bond donors (Lipinski definition) is 4. The highest BCUT2D eigenvalue weighted by molar-refractivity contribution is 5.95. The van der Waals surface area contributed by atoms with Crippen molar-refractivity contribution in [1.29, 1.82) is 5.41 Å². The lowest BCUT2D eigenvalue weighted by molar-refractivity contribution is -0.307. The van der Waals surface area contributed by atoms with Crippen LogP contribution in [0, 0.1) is 5.41 Å². The lowest BCUT2D eigenvalue weighted by Gasteiger charge is -2.25. The molecule has 0 saturated heterocycles. The van der Waals surface area contributed by atoms with Crippen LogP contribution in [-0.4, -0.2) is 36.9 Å². The number of carboxylic acids is 2. The van der Waals surface area contributed by atoms with Gasteiger partial charge in [-0.15, -0.1) is 0 Å². The predicted molar refractivity (Wildman–Crippen MR) is 121 cm³/mol. The summed E-state index contributed by atoms with van der Waals surface area (Å²) in [6.45, 7) is 4.70. The Morgan fingerprint density at radius 2 is 1.62 bits per heavy atom. The van der Waals surface area contributed by atoms with Gasteiger partial charge in [-0.2, -0.15) is 0 Å². The molecule has 0 radical (unpaired) electrons. The number of hydrogen-bond acceptors (Lipinski definition) is 9. The molecule has 184 valence electrons. The molecule has 0 aliphatic rings. The van der Waals surface area contributed by atoms with Gasteiger partial charge < -0.3 is 46.1 Å². The molecule has 2 aromatic rings. The monoisotopic (exact) mass is 472 g/mol. The van der Waals surface area contributed by atoms with Crippen LogP contribution in [0.4, 0.5) is 5.69 Å². The van der Waals surface area contributed by atoms with E-state index in [-0.39, 0.29) is 17.1 Å². The molecule has 1 atom stereocenters. The van der Waals surface area contributed by atoms with Gasteiger partial charge in [0.15, 0.2) is 6.61 Å². The van der Waals surface area contributed by atoms with Crippen LogP contribution in [0.1, 0.15) is 43.5 Å². The van der Waals surface area contributed by atoms with Gasteiger partial charge in [-0.1, -0.05) is 6.92 Å². The Balaban J connectivity index is 0.00000133. The summed E-state index contributed by atoms with van der Waals surface area (Å²) >= 11 is 0. The van der Waals surface area contributed by atoms with Crippen molar-refractivity contribution < 1.29 is 34.1 Å². The number of ether oxygens (including phenoxy) is 2. The third-order valence-corrected chi connectivity index (χ3v) is 4.30. The van der Waals surface area contributed by atoms with Crippen LogP contribution in [0.15, 0.2) is 36.4 Å². The van der Waals surface area contributed by atoms with E-state index in [1.807, 2.05) is 13.8 Å². The Bertz CT molecular complexity index is 1020. The molecular weight excluding hydrogens is 444 g/mol. The third kappa shape index (κ3) is 8.69. The first-order valence-corrected chi connectivity index (χ1v) is 10.3. The number of aryl methyl sites for hydroxylation is 1. The number of rotatable bonds is 11. The molecule has 11 nitrogen and oxygen atoms in total. The second-order valence-electron chi connectivity index (χ2n) is 6.92. The smallest absolute Gasteiger partial charge is 0.255 e. The number of carbonyl (C=O) groups excluding carboxylic acids is 3. The standard InChI is InChI=1S/C21H26N4O5.C2H4O2/c1-3-12-9-15(17(30-11-18(22)26)10-16(12)29-4-2)19(21(27)28)25-14-7-5-13(6-8-14)20(23)24;1-2(3)4/h5-10,19,25H,3-4,11H2,1-2H3,(H2,22,26)(H3,23,24)(H,27,28);1H3,(H,3,4)/p-2. The molecule has 2 aromatic carbocycles. The molecule has 0 bridgehead atoms. The van der Waals surface area contributed by atoms with Gasteiger partial charge in [0.2, 0.25) is 0 Å². The molecule has 1 amide bonds. The number of benzene rings is 2. The van der Waals surface area contributed by atoms with Crippen LogP contribution in [0.25, 0.3) is 0 Å². The van der Waals surface area contributed by atoms with Crippen molar-refractivity contribution in [2.24, 2.45) is 11.5 Å². The van der Waals surface area contributed by atoms with Gasteiger partial charge in [0.1, 0.15) is 17.3 Å². The van der Waals surface area contributed by atoms with Crippen LogP contribution in [-0.2, 0) is 20.8 Å². The molecule has 0 aliphatic carbocycles. The number of primary amides is 1. The van der Waals surface area contributed by atoms with Crippen LogP contribution in [0.2, 0.25) is 0 Å². The number of aliphatic carboxylic acids is 2. The number of amides is 1. The van der Waals surface area contributed by atoms with E-state index in [1.165, 1.54) is 0 Å². The van der Waals surface area contributed by atoms with Crippen molar-refractivity contribution in [1.82, 2.24) is 0 Å². The molecular formula is C23H28N4O7-2. The highest BCUT2D eigenvalue weighted by Gasteiger charge is 2.21. The molecule has 0 heterocycles. The van der Waals surface area contributed by atoms with Crippen LogP contribution in [0.3, 0.4) is 0 Å². The summed E-state index contributed by atoms with van der Waals surface area (Å²) in [6.07, 6.45) is 0.589. The van der Waals surface area contributed by atoms with Gasteiger partial charge in [-0.3, -0.25) is 10.2 Å². The van der Waals surface area contributed by atoms with E-state index in [9.17, 15) is 14.7 Å². The topological polar surface area (TPSA) is 204 Å². The molecule has 1 unspecified atom stereocenters. The Kier molecular flexibility index (Phi) is 10.9. The Labute approximate surface area is 197 Å². The third-order valence-electron chi connectivity index (χ3n) is 4.30. The minimum atomic E-state index is -1.39.